The zero-order valence-corrected chi connectivity index (χ0v) is 26.0. The molecule has 0 radical (unpaired) electrons. The molecule has 280 valence electrons. The first-order valence-corrected chi connectivity index (χ1v) is 14.9. The van der Waals surface area contributed by atoms with Crippen molar-refractivity contribution >= 4 is 0 Å². The number of ether oxygens (including phenoxy) is 4. The van der Waals surface area contributed by atoms with Gasteiger partial charge in [-0.25, -0.2) is 0 Å². The Bertz CT molecular complexity index is 1580. The van der Waals surface area contributed by atoms with Gasteiger partial charge in [-0.1, -0.05) is 60.7 Å². The summed E-state index contributed by atoms with van der Waals surface area (Å²) in [6.45, 7) is -7.56. The zero-order valence-electron chi connectivity index (χ0n) is 26.0. The Kier molecular flexibility index (Phi) is 10.9. The van der Waals surface area contributed by atoms with Crippen molar-refractivity contribution < 1.29 is 71.6 Å². The van der Waals surface area contributed by atoms with E-state index in [2.05, 4.69) is 19.9 Å². The summed E-state index contributed by atoms with van der Waals surface area (Å²) in [6.07, 6.45) is -19.5. The molecule has 20 heteroatoms. The average molecular weight is 757 g/mol. The fourth-order valence-electron chi connectivity index (χ4n) is 5.73. The lowest BCUT2D eigenvalue weighted by molar-refractivity contribution is -0.156. The van der Waals surface area contributed by atoms with Gasteiger partial charge in [0.15, 0.2) is 26.4 Å². The van der Waals surface area contributed by atoms with Gasteiger partial charge in [0.2, 0.25) is 11.8 Å². The van der Waals surface area contributed by atoms with Crippen LogP contribution in [0.5, 0.6) is 23.8 Å². The molecule has 1 saturated carbocycles. The molecular formula is C32H24F12N4O4. The highest BCUT2D eigenvalue weighted by molar-refractivity contribution is 5.47. The van der Waals surface area contributed by atoms with Gasteiger partial charge in [-0.05, 0) is 11.1 Å². The molecule has 0 bridgehead atoms. The molecule has 2 aromatic heterocycles. The monoisotopic (exact) mass is 756 g/mol. The van der Waals surface area contributed by atoms with E-state index in [9.17, 15) is 52.7 Å². The summed E-state index contributed by atoms with van der Waals surface area (Å²) in [5, 5.41) is 0. The molecule has 0 N–H and O–H groups in total. The van der Waals surface area contributed by atoms with E-state index in [1.807, 2.05) is 0 Å². The van der Waals surface area contributed by atoms with Crippen molar-refractivity contribution in [2.75, 3.05) is 26.4 Å². The van der Waals surface area contributed by atoms with E-state index in [-0.39, 0.29) is 11.4 Å². The Morgan fingerprint density at radius 1 is 0.404 bits per heavy atom. The number of alkyl halides is 12. The number of nitrogens with zero attached hydrogens (tertiary/aromatic N) is 4. The maximum atomic E-state index is 13.1. The molecule has 0 aliphatic heterocycles. The van der Waals surface area contributed by atoms with E-state index in [4.69, 9.17) is 18.9 Å². The first-order valence-electron chi connectivity index (χ1n) is 14.9. The van der Waals surface area contributed by atoms with E-state index >= 15 is 0 Å². The molecule has 0 unspecified atom stereocenters. The Labute approximate surface area is 285 Å². The topological polar surface area (TPSA) is 88.5 Å². The summed E-state index contributed by atoms with van der Waals surface area (Å²) in [6, 6.07) is 16.1. The van der Waals surface area contributed by atoms with Crippen LogP contribution in [0, 0.1) is 0 Å². The zero-order chi connectivity index (χ0) is 37.9. The number of rotatable bonds is 12. The van der Waals surface area contributed by atoms with Gasteiger partial charge in [-0.15, -0.1) is 0 Å². The number of hydrogen-bond donors (Lipinski definition) is 0. The van der Waals surface area contributed by atoms with Crippen LogP contribution < -0.4 is 18.9 Å². The number of halogens is 12. The quantitative estimate of drug-likeness (QED) is 0.133. The highest BCUT2D eigenvalue weighted by Crippen LogP contribution is 2.66. The van der Waals surface area contributed by atoms with Crippen molar-refractivity contribution in [3.63, 3.8) is 0 Å². The second-order valence-electron chi connectivity index (χ2n) is 11.4. The van der Waals surface area contributed by atoms with E-state index in [1.54, 1.807) is 60.7 Å². The number of aromatic nitrogens is 4. The minimum absolute atomic E-state index is 0.153. The molecule has 1 fully saturated rings. The summed E-state index contributed by atoms with van der Waals surface area (Å²) < 4.78 is 176. The third kappa shape index (κ3) is 10.5. The molecule has 0 amide bonds. The van der Waals surface area contributed by atoms with Crippen LogP contribution in [0.1, 0.15) is 46.2 Å². The largest absolute Gasteiger partial charge is 0.468 e. The first-order chi connectivity index (χ1) is 24.2. The van der Waals surface area contributed by atoms with E-state index in [0.29, 0.717) is 11.1 Å². The minimum atomic E-state index is -4.89. The van der Waals surface area contributed by atoms with Crippen molar-refractivity contribution in [2.45, 2.75) is 48.4 Å². The molecule has 0 atom stereocenters. The van der Waals surface area contributed by atoms with Gasteiger partial charge < -0.3 is 18.9 Å². The second-order valence-corrected chi connectivity index (χ2v) is 11.4. The highest BCUT2D eigenvalue weighted by Gasteiger charge is 2.55. The van der Waals surface area contributed by atoms with Crippen molar-refractivity contribution in [3.8, 4) is 23.8 Å². The van der Waals surface area contributed by atoms with Gasteiger partial charge in [0, 0.05) is 35.8 Å². The van der Waals surface area contributed by atoms with Crippen molar-refractivity contribution in [3.05, 3.63) is 95.3 Å². The van der Waals surface area contributed by atoms with Gasteiger partial charge in [0.05, 0.1) is 11.4 Å². The third-order valence-electron chi connectivity index (χ3n) is 7.50. The van der Waals surface area contributed by atoms with Crippen molar-refractivity contribution in [1.82, 2.24) is 19.9 Å². The fourth-order valence-corrected chi connectivity index (χ4v) is 5.73. The van der Waals surface area contributed by atoms with Crippen LogP contribution in [0.3, 0.4) is 0 Å². The van der Waals surface area contributed by atoms with Crippen LogP contribution in [-0.2, 0) is 0 Å². The second kappa shape index (κ2) is 14.9. The maximum Gasteiger partial charge on any atom is 0.422 e. The average Bonchev–Trinajstić information content (AvgIpc) is 3.04. The third-order valence-corrected chi connectivity index (χ3v) is 7.50. The Hall–Kier alpha value is -5.04. The summed E-state index contributed by atoms with van der Waals surface area (Å²) >= 11 is 0. The molecule has 52 heavy (non-hydrogen) atoms. The first kappa shape index (κ1) is 38.2. The molecule has 2 heterocycles. The minimum Gasteiger partial charge on any atom is -0.468 e. The highest BCUT2D eigenvalue weighted by atomic mass is 19.4. The van der Waals surface area contributed by atoms with Crippen LogP contribution in [0.2, 0.25) is 0 Å². The molecule has 1 aliphatic carbocycles. The van der Waals surface area contributed by atoms with Gasteiger partial charge in [0.1, 0.15) is 0 Å². The predicted octanol–water partition coefficient (Wildman–Crippen LogP) is 8.48. The predicted molar refractivity (Wildman–Crippen MR) is 154 cm³/mol. The molecule has 1 aliphatic rings. The lowest BCUT2D eigenvalue weighted by atomic mass is 9.50. The van der Waals surface area contributed by atoms with E-state index in [1.165, 1.54) is 0 Å². The molecular weight excluding hydrogens is 732 g/mol. The van der Waals surface area contributed by atoms with Crippen LogP contribution in [0.15, 0.2) is 72.8 Å². The van der Waals surface area contributed by atoms with Gasteiger partial charge in [-0.3, -0.25) is 0 Å². The molecule has 8 nitrogen and oxygen atoms in total. The van der Waals surface area contributed by atoms with Crippen molar-refractivity contribution in [1.29, 1.82) is 0 Å². The maximum absolute atomic E-state index is 13.1. The van der Waals surface area contributed by atoms with E-state index in [0.717, 1.165) is 12.1 Å². The molecule has 0 spiro atoms. The van der Waals surface area contributed by atoms with E-state index < -0.39 is 98.6 Å². The van der Waals surface area contributed by atoms with Gasteiger partial charge in [-0.2, -0.15) is 72.6 Å². The summed E-state index contributed by atoms with van der Waals surface area (Å²) in [5.74, 6) is -5.26. The summed E-state index contributed by atoms with van der Waals surface area (Å²) in [7, 11) is 0. The summed E-state index contributed by atoms with van der Waals surface area (Å²) in [5.41, 5.74) is 0.653. The SMILES string of the molecule is FC(F)(F)COc1cc([C@H]2[C@H](c3ccccc3)[C@H](c3cc(OCC(F)(F)F)nc(OCC(F)(F)F)n3)[C@H]2c2ccccc2)nc(OCC(F)(F)F)n1. The smallest absolute Gasteiger partial charge is 0.422 e. The Morgan fingerprint density at radius 2 is 0.712 bits per heavy atom. The van der Waals surface area contributed by atoms with Crippen molar-refractivity contribution in [2.24, 2.45) is 0 Å². The fraction of sp³-hybridized carbons (Fsp3) is 0.375. The normalized spacial score (nSPS) is 19.5. The Balaban J connectivity index is 1.68. The Morgan fingerprint density at radius 3 is 1.02 bits per heavy atom. The number of hydrogen-bond acceptors (Lipinski definition) is 8. The van der Waals surface area contributed by atoms with Crippen LogP contribution in [0.4, 0.5) is 52.7 Å². The molecule has 4 aromatic rings. The summed E-state index contributed by atoms with van der Waals surface area (Å²) in [4.78, 5) is 15.3. The molecule has 5 rings (SSSR count). The molecule has 0 saturated heterocycles. The lowest BCUT2D eigenvalue weighted by Crippen LogP contribution is -2.41. The van der Waals surface area contributed by atoms with Gasteiger partial charge >= 0.3 is 36.7 Å². The van der Waals surface area contributed by atoms with Crippen LogP contribution >= 0.6 is 0 Å². The van der Waals surface area contributed by atoms with Crippen LogP contribution in [-0.4, -0.2) is 71.1 Å². The standard InChI is InChI=1S/C32H24F12N4O4/c33-29(34,35)13-49-21-11-19(45-27(47-21)51-15-31(39,40)41)25-23(17-7-3-1-4-8-17)26(24(25)18-9-5-2-6-10-18)20-12-22(50-14-30(36,37)38)48-28(46-20)52-16-32(42,43)44/h1-12,23-26H,13-16H2/t23-,24-,25-,26-. The van der Waals surface area contributed by atoms with Gasteiger partial charge in [0.25, 0.3) is 0 Å². The van der Waals surface area contributed by atoms with Crippen LogP contribution in [0.25, 0.3) is 0 Å². The number of benzene rings is 2. The molecule has 2 aromatic carbocycles. The lowest BCUT2D eigenvalue weighted by Gasteiger charge is -2.52.